The van der Waals surface area contributed by atoms with Crippen molar-refractivity contribution < 1.29 is 4.79 Å². The van der Waals surface area contributed by atoms with E-state index in [0.29, 0.717) is 24.3 Å². The van der Waals surface area contributed by atoms with Gasteiger partial charge in [-0.05, 0) is 58.7 Å². The molecule has 1 heterocycles. The van der Waals surface area contributed by atoms with Gasteiger partial charge in [-0.3, -0.25) is 4.79 Å². The molecular formula is C15H31N3O. The number of likely N-dealkylation sites (N-methyl/N-ethyl adjacent to an activating group) is 1. The third kappa shape index (κ3) is 6.39. The van der Waals surface area contributed by atoms with E-state index in [1.165, 1.54) is 12.8 Å². The maximum absolute atomic E-state index is 11.9. The van der Waals surface area contributed by atoms with Crippen LogP contribution in [-0.2, 0) is 4.79 Å². The first-order chi connectivity index (χ1) is 9.00. The summed E-state index contributed by atoms with van der Waals surface area (Å²) in [6, 6.07) is 0.533. The molecule has 0 bridgehead atoms. The van der Waals surface area contributed by atoms with Gasteiger partial charge in [-0.1, -0.05) is 6.92 Å². The number of piperidine rings is 1. The molecule has 1 unspecified atom stereocenters. The maximum Gasteiger partial charge on any atom is 0.220 e. The van der Waals surface area contributed by atoms with Crippen LogP contribution in [0.5, 0.6) is 0 Å². The lowest BCUT2D eigenvalue weighted by atomic mass is 9.84. The Morgan fingerprint density at radius 1 is 1.32 bits per heavy atom. The Morgan fingerprint density at radius 3 is 2.53 bits per heavy atom. The van der Waals surface area contributed by atoms with E-state index in [-0.39, 0.29) is 5.91 Å². The topological polar surface area (TPSA) is 44.4 Å². The molecule has 4 heteroatoms. The molecule has 0 aromatic rings. The van der Waals surface area contributed by atoms with Crippen LogP contribution >= 0.6 is 0 Å². The van der Waals surface area contributed by atoms with Crippen molar-refractivity contribution in [2.45, 2.75) is 46.1 Å². The number of nitrogens with zero attached hydrogens (tertiary/aromatic N) is 1. The zero-order chi connectivity index (χ0) is 14.3. The summed E-state index contributed by atoms with van der Waals surface area (Å²) in [6.07, 6.45) is 3.10. The van der Waals surface area contributed by atoms with Crippen molar-refractivity contribution in [1.82, 2.24) is 15.5 Å². The highest BCUT2D eigenvalue weighted by Gasteiger charge is 2.21. The predicted molar refractivity (Wildman–Crippen MR) is 80.2 cm³/mol. The van der Waals surface area contributed by atoms with E-state index in [1.807, 2.05) is 0 Å². The Kier molecular flexibility index (Phi) is 7.39. The molecule has 0 aliphatic carbocycles. The number of carbonyl (C=O) groups is 1. The summed E-state index contributed by atoms with van der Waals surface area (Å²) in [6.45, 7) is 10.4. The average Bonchev–Trinajstić information content (AvgIpc) is 2.39. The highest BCUT2D eigenvalue weighted by molar-refractivity contribution is 5.76. The van der Waals surface area contributed by atoms with Crippen LogP contribution in [0.15, 0.2) is 0 Å². The van der Waals surface area contributed by atoms with Crippen LogP contribution < -0.4 is 10.6 Å². The molecule has 19 heavy (non-hydrogen) atoms. The maximum atomic E-state index is 11.9. The molecule has 1 amide bonds. The van der Waals surface area contributed by atoms with Crippen LogP contribution in [0.1, 0.15) is 40.0 Å². The first-order valence-corrected chi connectivity index (χ1v) is 7.68. The summed E-state index contributed by atoms with van der Waals surface area (Å²) < 4.78 is 0. The molecule has 2 N–H and O–H groups in total. The molecular weight excluding hydrogens is 238 g/mol. The van der Waals surface area contributed by atoms with Crippen LogP contribution in [0.25, 0.3) is 0 Å². The largest absolute Gasteiger partial charge is 0.355 e. The van der Waals surface area contributed by atoms with E-state index in [9.17, 15) is 4.79 Å². The number of carbonyl (C=O) groups excluding carboxylic acids is 1. The molecule has 0 aromatic heterocycles. The monoisotopic (exact) mass is 269 g/mol. The molecule has 0 aromatic carbocycles. The van der Waals surface area contributed by atoms with Crippen LogP contribution in [-0.4, -0.2) is 50.1 Å². The Labute approximate surface area is 118 Å². The minimum atomic E-state index is 0.211. The highest BCUT2D eigenvalue weighted by atomic mass is 16.1. The van der Waals surface area contributed by atoms with Gasteiger partial charge >= 0.3 is 0 Å². The first-order valence-electron chi connectivity index (χ1n) is 7.68. The second-order valence-electron chi connectivity index (χ2n) is 6.19. The average molecular weight is 269 g/mol. The second kappa shape index (κ2) is 8.54. The van der Waals surface area contributed by atoms with Gasteiger partial charge in [0.25, 0.3) is 0 Å². The van der Waals surface area contributed by atoms with Gasteiger partial charge in [-0.15, -0.1) is 0 Å². The molecule has 1 aliphatic rings. The van der Waals surface area contributed by atoms with Crippen molar-refractivity contribution in [2.24, 2.45) is 11.8 Å². The molecule has 1 rings (SSSR count). The van der Waals surface area contributed by atoms with Gasteiger partial charge in [-0.2, -0.15) is 0 Å². The van der Waals surface area contributed by atoms with E-state index >= 15 is 0 Å². The molecule has 4 nitrogen and oxygen atoms in total. The molecule has 0 radical (unpaired) electrons. The predicted octanol–water partition coefficient (Wildman–Crippen LogP) is 1.47. The SMILES string of the molecule is CC(CC(=O)NCCN(C)C(C)C)C1CCNCC1. The number of hydrogen-bond donors (Lipinski definition) is 2. The van der Waals surface area contributed by atoms with Crippen molar-refractivity contribution in [3.05, 3.63) is 0 Å². The van der Waals surface area contributed by atoms with Gasteiger partial charge in [-0.25, -0.2) is 0 Å². The van der Waals surface area contributed by atoms with Crippen molar-refractivity contribution in [2.75, 3.05) is 33.2 Å². The van der Waals surface area contributed by atoms with E-state index < -0.39 is 0 Å². The molecule has 1 atom stereocenters. The normalized spacial score (nSPS) is 18.8. The lowest BCUT2D eigenvalue weighted by Gasteiger charge is -2.28. The third-order valence-corrected chi connectivity index (χ3v) is 4.36. The number of nitrogens with one attached hydrogen (secondary N) is 2. The number of rotatable bonds is 7. The smallest absolute Gasteiger partial charge is 0.220 e. The second-order valence-corrected chi connectivity index (χ2v) is 6.19. The summed E-state index contributed by atoms with van der Waals surface area (Å²) in [5.41, 5.74) is 0. The van der Waals surface area contributed by atoms with Gasteiger partial charge in [0.2, 0.25) is 5.91 Å². The fraction of sp³-hybridized carbons (Fsp3) is 0.933. The van der Waals surface area contributed by atoms with E-state index in [0.717, 1.165) is 26.2 Å². The first kappa shape index (κ1) is 16.4. The minimum Gasteiger partial charge on any atom is -0.355 e. The Morgan fingerprint density at radius 2 is 1.95 bits per heavy atom. The summed E-state index contributed by atoms with van der Waals surface area (Å²) in [4.78, 5) is 14.1. The summed E-state index contributed by atoms with van der Waals surface area (Å²) in [7, 11) is 2.09. The minimum absolute atomic E-state index is 0.211. The van der Waals surface area contributed by atoms with Gasteiger partial charge in [0, 0.05) is 25.6 Å². The highest BCUT2D eigenvalue weighted by Crippen LogP contribution is 2.23. The zero-order valence-corrected chi connectivity index (χ0v) is 13.0. The molecule has 0 spiro atoms. The van der Waals surface area contributed by atoms with Gasteiger partial charge < -0.3 is 15.5 Å². The van der Waals surface area contributed by atoms with Crippen LogP contribution in [0.4, 0.5) is 0 Å². The zero-order valence-electron chi connectivity index (χ0n) is 13.0. The Balaban J connectivity index is 2.15. The molecule has 1 saturated heterocycles. The van der Waals surface area contributed by atoms with Crippen LogP contribution in [0.2, 0.25) is 0 Å². The van der Waals surface area contributed by atoms with E-state index in [4.69, 9.17) is 0 Å². The summed E-state index contributed by atoms with van der Waals surface area (Å²) in [5.74, 6) is 1.43. The van der Waals surface area contributed by atoms with Gasteiger partial charge in [0.05, 0.1) is 0 Å². The summed E-state index contributed by atoms with van der Waals surface area (Å²) >= 11 is 0. The van der Waals surface area contributed by atoms with Crippen molar-refractivity contribution >= 4 is 5.91 Å². The Hall–Kier alpha value is -0.610. The van der Waals surface area contributed by atoms with E-state index in [1.54, 1.807) is 0 Å². The fourth-order valence-corrected chi connectivity index (χ4v) is 2.57. The van der Waals surface area contributed by atoms with Gasteiger partial charge in [0.15, 0.2) is 0 Å². The standard InChI is InChI=1S/C15H31N3O/c1-12(2)18(4)10-9-17-15(19)11-13(3)14-5-7-16-8-6-14/h12-14,16H,5-11H2,1-4H3,(H,17,19). The summed E-state index contributed by atoms with van der Waals surface area (Å²) in [5, 5.41) is 6.42. The fourth-order valence-electron chi connectivity index (χ4n) is 2.57. The lowest BCUT2D eigenvalue weighted by molar-refractivity contribution is -0.122. The number of amides is 1. The molecule has 1 aliphatic heterocycles. The molecule has 1 fully saturated rings. The van der Waals surface area contributed by atoms with E-state index in [2.05, 4.69) is 43.4 Å². The lowest BCUT2D eigenvalue weighted by Crippen LogP contribution is -2.37. The third-order valence-electron chi connectivity index (χ3n) is 4.36. The quantitative estimate of drug-likeness (QED) is 0.735. The van der Waals surface area contributed by atoms with Crippen molar-refractivity contribution in [1.29, 1.82) is 0 Å². The van der Waals surface area contributed by atoms with Crippen LogP contribution in [0.3, 0.4) is 0 Å². The van der Waals surface area contributed by atoms with Crippen molar-refractivity contribution in [3.63, 3.8) is 0 Å². The van der Waals surface area contributed by atoms with Crippen molar-refractivity contribution in [3.8, 4) is 0 Å². The molecule has 0 saturated carbocycles. The Bertz CT molecular complexity index is 262. The van der Waals surface area contributed by atoms with Crippen LogP contribution in [0, 0.1) is 11.8 Å². The number of hydrogen-bond acceptors (Lipinski definition) is 3. The van der Waals surface area contributed by atoms with Gasteiger partial charge in [0.1, 0.15) is 0 Å². The molecule has 112 valence electrons.